The molecule has 0 aliphatic carbocycles. The molecule has 0 radical (unpaired) electrons. The molecule has 0 aliphatic rings. The average Bonchev–Trinajstić information content (AvgIpc) is 2.78. The zero-order valence-electron chi connectivity index (χ0n) is 9.18. The molecule has 0 saturated heterocycles. The maximum absolute atomic E-state index is 5.18. The molecule has 1 heterocycles. The summed E-state index contributed by atoms with van der Waals surface area (Å²) < 4.78 is 10.3. The van der Waals surface area contributed by atoms with Crippen molar-refractivity contribution in [3.63, 3.8) is 0 Å². The minimum atomic E-state index is 0.0551. The first kappa shape index (κ1) is 11.1. The third kappa shape index (κ3) is 2.22. The number of ether oxygens (including phenoxy) is 1. The molecule has 3 nitrogen and oxygen atoms in total. The summed E-state index contributed by atoms with van der Waals surface area (Å²) in [5.41, 5.74) is 1.82. The van der Waals surface area contributed by atoms with E-state index >= 15 is 0 Å². The first-order valence-corrected chi connectivity index (χ1v) is 5.51. The van der Waals surface area contributed by atoms with Gasteiger partial charge in [-0.2, -0.15) is 12.6 Å². The number of hydrogen-bond donors (Lipinski definition) is 1. The molecule has 1 atom stereocenters. The molecule has 2 rings (SSSR count). The van der Waals surface area contributed by atoms with Crippen molar-refractivity contribution >= 4 is 12.6 Å². The highest BCUT2D eigenvalue weighted by Crippen LogP contribution is 2.26. The predicted octanol–water partition coefficient (Wildman–Crippen LogP) is 3.34. The maximum atomic E-state index is 5.18. The van der Waals surface area contributed by atoms with Crippen LogP contribution in [0.2, 0.25) is 0 Å². The highest BCUT2D eigenvalue weighted by atomic mass is 32.1. The van der Waals surface area contributed by atoms with Gasteiger partial charge in [0, 0.05) is 11.6 Å². The fourth-order valence-corrected chi connectivity index (χ4v) is 1.51. The van der Waals surface area contributed by atoms with Gasteiger partial charge in [-0.25, -0.2) is 0 Å². The van der Waals surface area contributed by atoms with Crippen molar-refractivity contribution in [1.29, 1.82) is 0 Å². The molecule has 16 heavy (non-hydrogen) atoms. The summed E-state index contributed by atoms with van der Waals surface area (Å²) >= 11 is 4.29. The molecule has 0 saturated carbocycles. The van der Waals surface area contributed by atoms with E-state index in [1.807, 2.05) is 37.3 Å². The first-order valence-electron chi connectivity index (χ1n) is 5.00. The fraction of sp³-hybridized carbons (Fsp3) is 0.250. The molecule has 1 unspecified atom stereocenters. The predicted molar refractivity (Wildman–Crippen MR) is 65.9 cm³/mol. The molecule has 0 amide bonds. The number of benzene rings is 1. The Balaban J connectivity index is 2.28. The van der Waals surface area contributed by atoms with Crippen molar-refractivity contribution in [2.75, 3.05) is 7.11 Å². The van der Waals surface area contributed by atoms with Gasteiger partial charge < -0.3 is 9.26 Å². The molecular weight excluding hydrogens is 222 g/mol. The van der Waals surface area contributed by atoms with Gasteiger partial charge in [0.05, 0.1) is 12.4 Å². The second kappa shape index (κ2) is 4.61. The van der Waals surface area contributed by atoms with Gasteiger partial charge in [-0.05, 0) is 31.2 Å². The van der Waals surface area contributed by atoms with Crippen LogP contribution >= 0.6 is 12.6 Å². The van der Waals surface area contributed by atoms with E-state index in [4.69, 9.17) is 9.26 Å². The Morgan fingerprint density at radius 2 is 2.00 bits per heavy atom. The van der Waals surface area contributed by atoms with Crippen LogP contribution in [0.5, 0.6) is 5.75 Å². The molecule has 0 aliphatic heterocycles. The molecule has 0 N–H and O–H groups in total. The van der Waals surface area contributed by atoms with E-state index in [1.165, 1.54) is 0 Å². The number of thiol groups is 1. The van der Waals surface area contributed by atoms with Crippen LogP contribution in [0.25, 0.3) is 11.3 Å². The highest BCUT2D eigenvalue weighted by molar-refractivity contribution is 7.80. The van der Waals surface area contributed by atoms with Crippen LogP contribution in [0.3, 0.4) is 0 Å². The van der Waals surface area contributed by atoms with E-state index in [2.05, 4.69) is 17.8 Å². The second-order valence-electron chi connectivity index (χ2n) is 3.52. The smallest absolute Gasteiger partial charge is 0.149 e. The summed E-state index contributed by atoms with van der Waals surface area (Å²) in [5.74, 6) is 1.60. The van der Waals surface area contributed by atoms with Crippen LogP contribution in [0.4, 0.5) is 0 Å². The van der Waals surface area contributed by atoms with Crippen LogP contribution in [0.1, 0.15) is 17.9 Å². The van der Waals surface area contributed by atoms with Crippen LogP contribution in [-0.4, -0.2) is 12.3 Å². The summed E-state index contributed by atoms with van der Waals surface area (Å²) in [4.78, 5) is 0. The lowest BCUT2D eigenvalue weighted by Crippen LogP contribution is -1.82. The Hall–Kier alpha value is -1.42. The normalized spacial score (nSPS) is 12.4. The lowest BCUT2D eigenvalue weighted by atomic mass is 10.1. The molecule has 84 valence electrons. The average molecular weight is 235 g/mol. The largest absolute Gasteiger partial charge is 0.497 e. The molecule has 2 aromatic rings. The van der Waals surface area contributed by atoms with Crippen molar-refractivity contribution in [1.82, 2.24) is 5.16 Å². The number of methoxy groups -OCH3 is 1. The monoisotopic (exact) mass is 235 g/mol. The minimum Gasteiger partial charge on any atom is -0.497 e. The lowest BCUT2D eigenvalue weighted by Gasteiger charge is -1.99. The van der Waals surface area contributed by atoms with Crippen molar-refractivity contribution in [2.24, 2.45) is 0 Å². The van der Waals surface area contributed by atoms with Gasteiger partial charge in [0.15, 0.2) is 0 Å². The second-order valence-corrected chi connectivity index (χ2v) is 4.29. The lowest BCUT2D eigenvalue weighted by molar-refractivity contribution is 0.387. The van der Waals surface area contributed by atoms with Crippen LogP contribution < -0.4 is 4.74 Å². The van der Waals surface area contributed by atoms with Crippen molar-refractivity contribution in [2.45, 2.75) is 12.2 Å². The summed E-state index contributed by atoms with van der Waals surface area (Å²) in [6.07, 6.45) is 0. The number of aromatic nitrogens is 1. The molecule has 0 bridgehead atoms. The van der Waals surface area contributed by atoms with Crippen molar-refractivity contribution in [3.8, 4) is 17.0 Å². The van der Waals surface area contributed by atoms with Gasteiger partial charge in [-0.1, -0.05) is 5.16 Å². The van der Waals surface area contributed by atoms with E-state index in [0.29, 0.717) is 0 Å². The summed E-state index contributed by atoms with van der Waals surface area (Å²) in [5, 5.41) is 4.05. The molecule has 4 heteroatoms. The van der Waals surface area contributed by atoms with Gasteiger partial charge in [-0.15, -0.1) is 0 Å². The van der Waals surface area contributed by atoms with Crippen LogP contribution in [0.15, 0.2) is 34.9 Å². The van der Waals surface area contributed by atoms with Gasteiger partial charge in [-0.3, -0.25) is 0 Å². The molecule has 0 spiro atoms. The number of nitrogens with zero attached hydrogens (tertiary/aromatic N) is 1. The number of hydrogen-bond acceptors (Lipinski definition) is 4. The zero-order valence-corrected chi connectivity index (χ0v) is 10.1. The third-order valence-corrected chi connectivity index (χ3v) is 2.58. The minimum absolute atomic E-state index is 0.0551. The van der Waals surface area contributed by atoms with E-state index in [0.717, 1.165) is 22.8 Å². The highest BCUT2D eigenvalue weighted by Gasteiger charge is 2.09. The Morgan fingerprint density at radius 1 is 1.31 bits per heavy atom. The first-order chi connectivity index (χ1) is 7.70. The Morgan fingerprint density at radius 3 is 2.50 bits per heavy atom. The Kier molecular flexibility index (Phi) is 3.19. The van der Waals surface area contributed by atoms with E-state index in [1.54, 1.807) is 7.11 Å². The SMILES string of the molecule is COc1ccc(-c2cc(C(C)S)on2)cc1. The fourth-order valence-electron chi connectivity index (χ4n) is 1.38. The summed E-state index contributed by atoms with van der Waals surface area (Å²) in [6, 6.07) is 9.59. The Bertz CT molecular complexity index is 462. The molecular formula is C12H13NO2S. The number of rotatable bonds is 3. The van der Waals surface area contributed by atoms with Crippen LogP contribution in [0, 0.1) is 0 Å². The topological polar surface area (TPSA) is 35.3 Å². The quantitative estimate of drug-likeness (QED) is 0.829. The molecule has 1 aromatic heterocycles. The van der Waals surface area contributed by atoms with E-state index in [-0.39, 0.29) is 5.25 Å². The van der Waals surface area contributed by atoms with E-state index in [9.17, 15) is 0 Å². The van der Waals surface area contributed by atoms with Crippen LogP contribution in [-0.2, 0) is 0 Å². The van der Waals surface area contributed by atoms with E-state index < -0.39 is 0 Å². The summed E-state index contributed by atoms with van der Waals surface area (Å²) in [7, 11) is 1.64. The standard InChI is InChI=1S/C12H13NO2S/c1-8(16)12-7-11(13-15-12)9-3-5-10(14-2)6-4-9/h3-8,16H,1-2H3. The van der Waals surface area contributed by atoms with Gasteiger partial charge in [0.25, 0.3) is 0 Å². The van der Waals surface area contributed by atoms with Gasteiger partial charge in [0.2, 0.25) is 0 Å². The molecule has 0 fully saturated rings. The summed E-state index contributed by atoms with van der Waals surface area (Å²) in [6.45, 7) is 1.95. The maximum Gasteiger partial charge on any atom is 0.149 e. The third-order valence-electron chi connectivity index (χ3n) is 2.33. The van der Waals surface area contributed by atoms with Gasteiger partial charge in [0.1, 0.15) is 17.2 Å². The zero-order chi connectivity index (χ0) is 11.5. The molecule has 1 aromatic carbocycles. The van der Waals surface area contributed by atoms with Crippen molar-refractivity contribution < 1.29 is 9.26 Å². The van der Waals surface area contributed by atoms with Gasteiger partial charge >= 0.3 is 0 Å². The Labute approximate surface area is 99.8 Å². The van der Waals surface area contributed by atoms with Crippen molar-refractivity contribution in [3.05, 3.63) is 36.1 Å².